The van der Waals surface area contributed by atoms with Crippen molar-refractivity contribution in [3.05, 3.63) is 102 Å². The smallest absolute Gasteiger partial charge is 0.198 e. The maximum absolute atomic E-state index is 13.6. The molecular weight excluding hydrogens is 491 g/mol. The minimum Gasteiger partial charge on any atom is -0.462 e. The summed E-state index contributed by atoms with van der Waals surface area (Å²) in [4.78, 5) is 28.4. The number of ketones is 1. The Bertz CT molecular complexity index is 1540. The number of fused-ring (bicyclic) bond motifs is 2. The number of allylic oxidation sites excluding steroid dienone is 1. The first kappa shape index (κ1) is 21.5. The molecule has 0 radical (unpaired) electrons. The van der Waals surface area contributed by atoms with Gasteiger partial charge in [-0.25, -0.2) is 0 Å². The topological polar surface area (TPSA) is 71.3 Å². The van der Waals surface area contributed by atoms with Crippen LogP contribution in [-0.2, 0) is 4.79 Å². The number of hydrogen-bond acceptors (Lipinski definition) is 6. The molecule has 34 heavy (non-hydrogen) atoms. The maximum Gasteiger partial charge on any atom is 0.198 e. The predicted molar refractivity (Wildman–Crippen MR) is 137 cm³/mol. The van der Waals surface area contributed by atoms with E-state index >= 15 is 0 Å². The summed E-state index contributed by atoms with van der Waals surface area (Å²) in [5, 5.41) is 9.83. The summed E-state index contributed by atoms with van der Waals surface area (Å²) in [7, 11) is 0. The second-order valence-corrected chi connectivity index (χ2v) is 10.3. The Balaban J connectivity index is 1.55. The molecule has 0 saturated carbocycles. The number of rotatable bonds is 2. The Morgan fingerprint density at radius 3 is 2.62 bits per heavy atom. The fraction of sp³-hybridized carbons (Fsp3) is 0.154. The van der Waals surface area contributed by atoms with Crippen molar-refractivity contribution in [3.63, 3.8) is 0 Å². The highest BCUT2D eigenvalue weighted by molar-refractivity contribution is 7.10. The van der Waals surface area contributed by atoms with Gasteiger partial charge in [0.1, 0.15) is 6.26 Å². The molecule has 8 heteroatoms. The number of hydrogen-bond donors (Lipinski definition) is 2. The highest BCUT2D eigenvalue weighted by Gasteiger charge is 2.37. The van der Waals surface area contributed by atoms with Gasteiger partial charge in [-0.3, -0.25) is 9.59 Å². The minimum absolute atomic E-state index is 0.001000. The van der Waals surface area contributed by atoms with E-state index in [-0.39, 0.29) is 33.1 Å². The summed E-state index contributed by atoms with van der Waals surface area (Å²) >= 11 is 14.1. The summed E-state index contributed by atoms with van der Waals surface area (Å²) < 4.78 is 5.80. The lowest BCUT2D eigenvalue weighted by Crippen LogP contribution is -2.29. The number of benzene rings is 2. The van der Waals surface area contributed by atoms with Crippen LogP contribution in [0.4, 0.5) is 11.4 Å². The molecule has 6 rings (SSSR count). The zero-order chi connectivity index (χ0) is 23.4. The number of halogens is 2. The number of nitrogens with one attached hydrogen (secondary N) is 2. The minimum atomic E-state index is -0.679. The molecule has 5 nitrogen and oxygen atoms in total. The summed E-state index contributed by atoms with van der Waals surface area (Å²) in [5.41, 5.74) is 3.36. The lowest BCUT2D eigenvalue weighted by Gasteiger charge is -2.29. The summed E-state index contributed by atoms with van der Waals surface area (Å²) in [6, 6.07) is 14.2. The number of carbonyl (C=O) groups is 1. The third-order valence-electron chi connectivity index (χ3n) is 6.38. The van der Waals surface area contributed by atoms with E-state index in [4.69, 9.17) is 27.6 Å². The number of anilines is 2. The molecule has 0 spiro atoms. The molecule has 2 N–H and O–H groups in total. The third kappa shape index (κ3) is 3.54. The molecule has 1 aliphatic carbocycles. The largest absolute Gasteiger partial charge is 0.462 e. The second-order valence-electron chi connectivity index (χ2n) is 8.47. The van der Waals surface area contributed by atoms with Crippen molar-refractivity contribution in [1.29, 1.82) is 0 Å². The van der Waals surface area contributed by atoms with Crippen molar-refractivity contribution in [2.75, 3.05) is 10.6 Å². The average molecular weight is 509 g/mol. The highest BCUT2D eigenvalue weighted by atomic mass is 35.5. The summed E-state index contributed by atoms with van der Waals surface area (Å²) in [6.07, 6.45) is 2.45. The van der Waals surface area contributed by atoms with Gasteiger partial charge in [-0.15, -0.1) is 11.3 Å². The standard InChI is InChI=1S/C26H18Cl2N2O3S/c27-14-10-15-25(32)16(12-33-26(15)17(28)11-14)24-23-20(29-18-4-1-2-5-19(18)30-24)8-13(9-21(23)31)22-6-3-7-34-22/h1-7,10-13,24,29-30H,8-9H2/t13-,24-/m0/s1. The van der Waals surface area contributed by atoms with E-state index in [0.29, 0.717) is 29.0 Å². The molecule has 1 aliphatic heterocycles. The van der Waals surface area contributed by atoms with Crippen LogP contribution in [0.15, 0.2) is 80.7 Å². The van der Waals surface area contributed by atoms with Crippen molar-refractivity contribution in [2.45, 2.75) is 24.8 Å². The van der Waals surface area contributed by atoms with E-state index in [1.165, 1.54) is 17.2 Å². The van der Waals surface area contributed by atoms with Gasteiger partial charge in [0.2, 0.25) is 0 Å². The molecule has 2 atom stereocenters. The van der Waals surface area contributed by atoms with Gasteiger partial charge in [0.15, 0.2) is 16.8 Å². The van der Waals surface area contributed by atoms with E-state index in [1.54, 1.807) is 17.4 Å². The number of Topliss-reactive ketones (excluding diaryl/α,β-unsaturated/α-hetero) is 1. The van der Waals surface area contributed by atoms with Crippen LogP contribution in [0.1, 0.15) is 35.2 Å². The number of para-hydroxylation sites is 2. The van der Waals surface area contributed by atoms with Gasteiger partial charge in [0.05, 0.1) is 33.4 Å². The fourth-order valence-corrected chi connectivity index (χ4v) is 6.20. The normalized spacial score (nSPS) is 19.8. The predicted octanol–water partition coefficient (Wildman–Crippen LogP) is 7.14. The van der Waals surface area contributed by atoms with Crippen LogP contribution in [0.2, 0.25) is 10.0 Å². The molecule has 3 heterocycles. The Hall–Kier alpha value is -3.06. The van der Waals surface area contributed by atoms with Crippen molar-refractivity contribution in [3.8, 4) is 0 Å². The molecule has 0 saturated heterocycles. The van der Waals surface area contributed by atoms with Crippen molar-refractivity contribution >= 4 is 62.7 Å². The zero-order valence-electron chi connectivity index (χ0n) is 17.7. The lowest BCUT2D eigenvalue weighted by molar-refractivity contribution is -0.116. The molecule has 2 aromatic carbocycles. The van der Waals surface area contributed by atoms with Crippen LogP contribution in [0.25, 0.3) is 11.0 Å². The summed E-state index contributed by atoms with van der Waals surface area (Å²) in [6.45, 7) is 0. The molecule has 0 unspecified atom stereocenters. The van der Waals surface area contributed by atoms with Crippen LogP contribution in [0, 0.1) is 0 Å². The van der Waals surface area contributed by atoms with Gasteiger partial charge in [-0.1, -0.05) is 41.4 Å². The molecule has 2 aromatic heterocycles. The Morgan fingerprint density at radius 1 is 1.00 bits per heavy atom. The van der Waals surface area contributed by atoms with Crippen LogP contribution in [-0.4, -0.2) is 5.78 Å². The molecule has 0 bridgehead atoms. The fourth-order valence-electron chi connectivity index (χ4n) is 4.83. The lowest BCUT2D eigenvalue weighted by atomic mass is 9.81. The van der Waals surface area contributed by atoms with Crippen molar-refractivity contribution in [2.24, 2.45) is 0 Å². The van der Waals surface area contributed by atoms with Crippen molar-refractivity contribution in [1.82, 2.24) is 0 Å². The Morgan fingerprint density at radius 2 is 1.82 bits per heavy atom. The summed E-state index contributed by atoms with van der Waals surface area (Å²) in [5.74, 6) is 0.0939. The first-order valence-electron chi connectivity index (χ1n) is 10.8. The van der Waals surface area contributed by atoms with Crippen LogP contribution in [0.5, 0.6) is 0 Å². The van der Waals surface area contributed by atoms with E-state index in [2.05, 4.69) is 16.7 Å². The highest BCUT2D eigenvalue weighted by Crippen LogP contribution is 2.44. The third-order valence-corrected chi connectivity index (χ3v) is 7.92. The van der Waals surface area contributed by atoms with Gasteiger partial charge in [0.25, 0.3) is 0 Å². The number of thiophene rings is 1. The molecule has 0 fully saturated rings. The SMILES string of the molecule is O=C1C[C@@H](c2cccs2)CC2=C1[C@H](c1coc3c(Cl)cc(Cl)cc3c1=O)Nc1ccccc1N2. The zero-order valence-corrected chi connectivity index (χ0v) is 20.1. The van der Waals surface area contributed by atoms with Gasteiger partial charge in [-0.05, 0) is 42.1 Å². The maximum atomic E-state index is 13.6. The van der Waals surface area contributed by atoms with Crippen molar-refractivity contribution < 1.29 is 9.21 Å². The van der Waals surface area contributed by atoms with Gasteiger partial charge >= 0.3 is 0 Å². The number of carbonyl (C=O) groups excluding carboxylic acids is 1. The first-order chi connectivity index (χ1) is 16.5. The van der Waals surface area contributed by atoms with E-state index < -0.39 is 6.04 Å². The van der Waals surface area contributed by atoms with E-state index in [1.807, 2.05) is 35.7 Å². The van der Waals surface area contributed by atoms with Crippen LogP contribution < -0.4 is 16.1 Å². The van der Waals surface area contributed by atoms with Gasteiger partial charge in [-0.2, -0.15) is 0 Å². The second kappa shape index (κ2) is 8.31. The monoisotopic (exact) mass is 508 g/mol. The van der Waals surface area contributed by atoms with Gasteiger partial charge in [0, 0.05) is 33.5 Å². The molecule has 2 aliphatic rings. The Labute approximate surface area is 209 Å². The molecule has 4 aromatic rings. The Kier molecular flexibility index (Phi) is 5.25. The molecule has 0 amide bonds. The van der Waals surface area contributed by atoms with Gasteiger partial charge < -0.3 is 15.1 Å². The van der Waals surface area contributed by atoms with Crippen LogP contribution in [0.3, 0.4) is 0 Å². The molecular formula is C26H18Cl2N2O3S. The molecule has 170 valence electrons. The quantitative estimate of drug-likeness (QED) is 0.301. The average Bonchev–Trinajstić information content (AvgIpc) is 3.29. The van der Waals surface area contributed by atoms with E-state index in [9.17, 15) is 9.59 Å². The van der Waals surface area contributed by atoms with E-state index in [0.717, 1.165) is 17.1 Å². The first-order valence-corrected chi connectivity index (χ1v) is 12.5. The van der Waals surface area contributed by atoms with Crippen LogP contribution >= 0.6 is 34.5 Å².